The predicted molar refractivity (Wildman–Crippen MR) is 92.6 cm³/mol. The molecule has 1 saturated carbocycles. The molecule has 2 aromatic carbocycles. The van der Waals surface area contributed by atoms with E-state index in [9.17, 15) is 14.7 Å². The molecule has 1 aliphatic carbocycles. The summed E-state index contributed by atoms with van der Waals surface area (Å²) in [6.45, 7) is 2.04. The number of rotatable bonds is 4. The number of hydrogen-bond acceptors (Lipinski definition) is 3. The van der Waals surface area contributed by atoms with Gasteiger partial charge in [-0.3, -0.25) is 9.59 Å². The molecule has 2 aromatic rings. The van der Waals surface area contributed by atoms with Gasteiger partial charge in [0.2, 0.25) is 0 Å². The van der Waals surface area contributed by atoms with Crippen molar-refractivity contribution in [2.75, 3.05) is 0 Å². The Kier molecular flexibility index (Phi) is 4.63. The third-order valence-corrected chi connectivity index (χ3v) is 4.99. The number of hydrogen-bond donors (Lipinski definition) is 1. The van der Waals surface area contributed by atoms with Crippen LogP contribution >= 0.6 is 0 Å². The van der Waals surface area contributed by atoms with Crippen molar-refractivity contribution in [1.29, 1.82) is 0 Å². The topological polar surface area (TPSA) is 54.4 Å². The number of aliphatic hydroxyl groups is 1. The summed E-state index contributed by atoms with van der Waals surface area (Å²) >= 11 is 0. The van der Waals surface area contributed by atoms with E-state index >= 15 is 0 Å². The third-order valence-electron chi connectivity index (χ3n) is 4.99. The fourth-order valence-electron chi connectivity index (χ4n) is 3.63. The fourth-order valence-corrected chi connectivity index (χ4v) is 3.63. The quantitative estimate of drug-likeness (QED) is 0.872. The second-order valence-corrected chi connectivity index (χ2v) is 6.73. The van der Waals surface area contributed by atoms with Crippen LogP contribution in [0.15, 0.2) is 60.7 Å². The number of carbonyl (C=O) groups excluding carboxylic acids is 2. The average molecular weight is 322 g/mol. The first kappa shape index (κ1) is 16.6. The van der Waals surface area contributed by atoms with Crippen LogP contribution in [0.3, 0.4) is 0 Å². The summed E-state index contributed by atoms with van der Waals surface area (Å²) in [7, 11) is 0. The molecular weight excluding hydrogens is 300 g/mol. The van der Waals surface area contributed by atoms with Crippen molar-refractivity contribution in [1.82, 2.24) is 0 Å². The first-order valence-electron chi connectivity index (χ1n) is 8.44. The Bertz CT molecular complexity index is 723. The maximum absolute atomic E-state index is 13.2. The third kappa shape index (κ3) is 2.92. The Labute approximate surface area is 142 Å². The predicted octanol–water partition coefficient (Wildman–Crippen LogP) is 3.76. The number of ketones is 2. The average Bonchev–Trinajstić information content (AvgIpc) is 2.62. The molecule has 0 radical (unpaired) electrons. The zero-order valence-electron chi connectivity index (χ0n) is 13.8. The molecule has 1 N–H and O–H groups in total. The maximum Gasteiger partial charge on any atom is 0.199 e. The lowest BCUT2D eigenvalue weighted by atomic mass is 9.67. The lowest BCUT2D eigenvalue weighted by Gasteiger charge is -2.38. The monoisotopic (exact) mass is 322 g/mol. The van der Waals surface area contributed by atoms with Gasteiger partial charge in [-0.25, -0.2) is 0 Å². The van der Waals surface area contributed by atoms with Gasteiger partial charge >= 0.3 is 0 Å². The first-order valence-corrected chi connectivity index (χ1v) is 8.44. The van der Waals surface area contributed by atoms with Crippen LogP contribution in [0.2, 0.25) is 0 Å². The van der Waals surface area contributed by atoms with E-state index in [1.54, 1.807) is 48.5 Å². The summed E-state index contributed by atoms with van der Waals surface area (Å²) in [5, 5.41) is 11.5. The molecule has 1 aliphatic rings. The smallest absolute Gasteiger partial charge is 0.199 e. The van der Waals surface area contributed by atoms with E-state index in [1.807, 2.05) is 19.1 Å². The minimum absolute atomic E-state index is 0.0237. The van der Waals surface area contributed by atoms with Crippen LogP contribution in [0.4, 0.5) is 0 Å². The standard InChI is InChI=1S/C21H22O3/c1-15-12-13-18(19(22)14-15)21(24,17-10-6-3-7-11-17)20(23)16-8-4-2-5-9-16/h2-11,15,18,24H,12-14H2,1H3/t15-,18-,21+/m1/s1. The van der Waals surface area contributed by atoms with E-state index in [4.69, 9.17) is 0 Å². The molecule has 0 amide bonds. The van der Waals surface area contributed by atoms with E-state index in [2.05, 4.69) is 0 Å². The number of benzene rings is 2. The second kappa shape index (κ2) is 6.70. The van der Waals surface area contributed by atoms with Gasteiger partial charge in [0.25, 0.3) is 0 Å². The van der Waals surface area contributed by atoms with Crippen LogP contribution in [-0.4, -0.2) is 16.7 Å². The molecule has 0 unspecified atom stereocenters. The zero-order chi connectivity index (χ0) is 17.2. The van der Waals surface area contributed by atoms with Crippen molar-refractivity contribution in [3.8, 4) is 0 Å². The molecule has 0 aromatic heterocycles. The Morgan fingerprint density at radius 2 is 1.58 bits per heavy atom. The normalized spacial score (nSPS) is 23.5. The van der Waals surface area contributed by atoms with Crippen LogP contribution in [0.25, 0.3) is 0 Å². The van der Waals surface area contributed by atoms with Crippen LogP contribution in [0, 0.1) is 11.8 Å². The molecule has 1 fully saturated rings. The second-order valence-electron chi connectivity index (χ2n) is 6.73. The molecule has 0 bridgehead atoms. The highest BCUT2D eigenvalue weighted by Gasteiger charge is 2.49. The minimum atomic E-state index is -1.81. The fraction of sp³-hybridized carbons (Fsp3) is 0.333. The first-order chi connectivity index (χ1) is 11.5. The van der Waals surface area contributed by atoms with Gasteiger partial charge in [-0.2, -0.15) is 0 Å². The van der Waals surface area contributed by atoms with Crippen LogP contribution in [-0.2, 0) is 10.4 Å². The molecule has 0 saturated heterocycles. The lowest BCUT2D eigenvalue weighted by Crippen LogP contribution is -2.48. The van der Waals surface area contributed by atoms with Crippen LogP contribution < -0.4 is 0 Å². The Morgan fingerprint density at radius 1 is 1.00 bits per heavy atom. The van der Waals surface area contributed by atoms with Gasteiger partial charge in [-0.15, -0.1) is 0 Å². The maximum atomic E-state index is 13.2. The van der Waals surface area contributed by atoms with E-state index in [0.717, 1.165) is 6.42 Å². The molecule has 0 spiro atoms. The lowest BCUT2D eigenvalue weighted by molar-refractivity contribution is -0.134. The Balaban J connectivity index is 2.08. The van der Waals surface area contributed by atoms with E-state index in [0.29, 0.717) is 29.9 Å². The minimum Gasteiger partial charge on any atom is -0.376 e. The van der Waals surface area contributed by atoms with Gasteiger partial charge in [0.05, 0.1) is 5.92 Å². The molecule has 124 valence electrons. The van der Waals surface area contributed by atoms with Crippen molar-refractivity contribution >= 4 is 11.6 Å². The highest BCUT2D eigenvalue weighted by atomic mass is 16.3. The molecule has 24 heavy (non-hydrogen) atoms. The molecule has 0 heterocycles. The Morgan fingerprint density at radius 3 is 2.17 bits per heavy atom. The summed E-state index contributed by atoms with van der Waals surface area (Å²) in [6, 6.07) is 17.6. The summed E-state index contributed by atoms with van der Waals surface area (Å²) in [5.74, 6) is -0.809. The van der Waals surface area contributed by atoms with Gasteiger partial charge in [-0.05, 0) is 24.3 Å². The van der Waals surface area contributed by atoms with E-state index in [-0.39, 0.29) is 5.78 Å². The molecule has 3 heteroatoms. The molecule has 3 atom stereocenters. The summed E-state index contributed by atoms with van der Waals surface area (Å²) in [4.78, 5) is 25.8. The summed E-state index contributed by atoms with van der Waals surface area (Å²) < 4.78 is 0. The van der Waals surface area contributed by atoms with Crippen molar-refractivity contribution in [3.63, 3.8) is 0 Å². The largest absolute Gasteiger partial charge is 0.376 e. The van der Waals surface area contributed by atoms with Gasteiger partial charge in [0, 0.05) is 12.0 Å². The van der Waals surface area contributed by atoms with E-state index in [1.165, 1.54) is 0 Å². The van der Waals surface area contributed by atoms with Crippen LogP contribution in [0.1, 0.15) is 42.1 Å². The van der Waals surface area contributed by atoms with Gasteiger partial charge < -0.3 is 5.11 Å². The molecule has 0 aliphatic heterocycles. The van der Waals surface area contributed by atoms with Crippen molar-refractivity contribution in [2.45, 2.75) is 31.8 Å². The Hall–Kier alpha value is -2.26. The van der Waals surface area contributed by atoms with Crippen LogP contribution in [0.5, 0.6) is 0 Å². The van der Waals surface area contributed by atoms with E-state index < -0.39 is 17.3 Å². The van der Waals surface area contributed by atoms with Gasteiger partial charge in [-0.1, -0.05) is 67.6 Å². The highest BCUT2D eigenvalue weighted by molar-refractivity contribution is 6.06. The SMILES string of the molecule is C[C@@H]1CC[C@@H]([C@](O)(C(=O)c2ccccc2)c2ccccc2)C(=O)C1. The van der Waals surface area contributed by atoms with Crippen molar-refractivity contribution in [2.24, 2.45) is 11.8 Å². The van der Waals surface area contributed by atoms with Crippen molar-refractivity contribution < 1.29 is 14.7 Å². The molecular formula is C21H22O3. The van der Waals surface area contributed by atoms with Gasteiger partial charge in [0.15, 0.2) is 11.4 Å². The number of Topliss-reactive ketones (excluding diaryl/α,β-unsaturated/α-hetero) is 2. The van der Waals surface area contributed by atoms with Gasteiger partial charge in [0.1, 0.15) is 5.78 Å². The highest BCUT2D eigenvalue weighted by Crippen LogP contribution is 2.41. The number of carbonyl (C=O) groups is 2. The molecule has 3 nitrogen and oxygen atoms in total. The van der Waals surface area contributed by atoms with Crippen molar-refractivity contribution in [3.05, 3.63) is 71.8 Å². The summed E-state index contributed by atoms with van der Waals surface area (Å²) in [5.41, 5.74) is -0.887. The molecule has 3 rings (SSSR count). The zero-order valence-corrected chi connectivity index (χ0v) is 13.8. The summed E-state index contributed by atoms with van der Waals surface area (Å²) in [6.07, 6.45) is 1.79.